The Morgan fingerprint density at radius 2 is 1.91 bits per heavy atom. The molecule has 0 aliphatic heterocycles. The van der Waals surface area contributed by atoms with Crippen molar-refractivity contribution in [2.75, 3.05) is 17.7 Å². The quantitative estimate of drug-likeness (QED) is 0.335. The van der Waals surface area contributed by atoms with E-state index in [1.165, 1.54) is 22.8 Å². The fraction of sp³-hybridized carbons (Fsp3) is 0.227. The Morgan fingerprint density at radius 3 is 2.59 bits per heavy atom. The van der Waals surface area contributed by atoms with Gasteiger partial charge in [-0.3, -0.25) is 9.36 Å². The molecular formula is C22H21ClN6O4S. The first-order chi connectivity index (χ1) is 16.2. The van der Waals surface area contributed by atoms with Crippen molar-refractivity contribution >= 4 is 55.9 Å². The first-order valence-electron chi connectivity index (χ1n) is 10.3. The van der Waals surface area contributed by atoms with Crippen LogP contribution in [-0.2, 0) is 11.3 Å². The molecule has 12 heteroatoms. The molecule has 0 spiro atoms. The maximum Gasteiger partial charge on any atom is 0.355 e. The number of hydrogen-bond donors (Lipinski definition) is 3. The van der Waals surface area contributed by atoms with Crippen molar-refractivity contribution in [1.29, 1.82) is 0 Å². The summed E-state index contributed by atoms with van der Waals surface area (Å²) < 4.78 is 3.07. The number of carbonyl (C=O) groups is 1. The lowest BCUT2D eigenvalue weighted by molar-refractivity contribution is -0.137. The van der Waals surface area contributed by atoms with Gasteiger partial charge in [0.2, 0.25) is 5.95 Å². The molecule has 1 unspecified atom stereocenters. The van der Waals surface area contributed by atoms with Gasteiger partial charge < -0.3 is 15.7 Å². The lowest BCUT2D eigenvalue weighted by Gasteiger charge is -2.18. The molecule has 0 saturated heterocycles. The number of hydrogen-bond acceptors (Lipinski definition) is 8. The number of aromatic nitrogens is 4. The average molecular weight is 501 g/mol. The van der Waals surface area contributed by atoms with E-state index in [9.17, 15) is 14.4 Å². The Bertz CT molecular complexity index is 1480. The Labute approximate surface area is 202 Å². The third-order valence-corrected chi connectivity index (χ3v) is 6.41. The smallest absolute Gasteiger partial charge is 0.355 e. The number of halogens is 1. The normalized spacial score (nSPS) is 12.0. The predicted molar refractivity (Wildman–Crippen MR) is 133 cm³/mol. The van der Waals surface area contributed by atoms with Gasteiger partial charge in [0.1, 0.15) is 0 Å². The molecule has 2 aromatic heterocycles. The second-order valence-corrected chi connectivity index (χ2v) is 9.07. The van der Waals surface area contributed by atoms with Crippen molar-refractivity contribution in [3.63, 3.8) is 0 Å². The Hall–Kier alpha value is -3.70. The van der Waals surface area contributed by atoms with E-state index in [0.717, 1.165) is 25.5 Å². The molecule has 0 saturated carbocycles. The van der Waals surface area contributed by atoms with Crippen molar-refractivity contribution in [3.05, 3.63) is 74.0 Å². The molecule has 176 valence electrons. The molecule has 10 nitrogen and oxygen atoms in total. The standard InChI is InChI=1S/C22H21ClN6O4S/c1-12(9-18(30)31)29-21(32)27-19(28(22(29)33)11-13-3-5-14(23)6-4-13)25-15-7-8-16-17(10-15)34-20(24-2)26-16/h3-8,10,12H,9,11H2,1-2H3,(H,24,26)(H,30,31)(H,25,27,32). The van der Waals surface area contributed by atoms with Gasteiger partial charge in [-0.15, -0.1) is 0 Å². The lowest BCUT2D eigenvalue weighted by atomic mass is 10.2. The minimum atomic E-state index is -1.12. The number of carboxylic acid groups (broad SMARTS) is 1. The molecule has 3 N–H and O–H groups in total. The summed E-state index contributed by atoms with van der Waals surface area (Å²) in [5.74, 6) is -1.08. The zero-order valence-electron chi connectivity index (χ0n) is 18.3. The zero-order valence-corrected chi connectivity index (χ0v) is 19.9. The fourth-order valence-electron chi connectivity index (χ4n) is 3.48. The molecule has 0 aliphatic rings. The largest absolute Gasteiger partial charge is 0.481 e. The summed E-state index contributed by atoms with van der Waals surface area (Å²) in [7, 11) is 1.79. The molecule has 0 aliphatic carbocycles. The minimum absolute atomic E-state index is 0.0430. The molecular weight excluding hydrogens is 480 g/mol. The Kier molecular flexibility index (Phi) is 6.66. The maximum absolute atomic E-state index is 13.4. The molecule has 4 aromatic rings. The van der Waals surface area contributed by atoms with Gasteiger partial charge in [0, 0.05) is 17.8 Å². The first kappa shape index (κ1) is 23.5. The van der Waals surface area contributed by atoms with Crippen molar-refractivity contribution in [2.24, 2.45) is 0 Å². The number of fused-ring (bicyclic) bond motifs is 1. The van der Waals surface area contributed by atoms with E-state index in [2.05, 4.69) is 20.6 Å². The van der Waals surface area contributed by atoms with E-state index >= 15 is 0 Å². The van der Waals surface area contributed by atoms with Crippen LogP contribution in [0.4, 0.5) is 16.8 Å². The first-order valence-corrected chi connectivity index (χ1v) is 11.5. The van der Waals surface area contributed by atoms with Crippen LogP contribution >= 0.6 is 22.9 Å². The van der Waals surface area contributed by atoms with Crippen LogP contribution in [0, 0.1) is 0 Å². The summed E-state index contributed by atoms with van der Waals surface area (Å²) in [6.45, 7) is 1.59. The van der Waals surface area contributed by atoms with E-state index in [1.54, 1.807) is 37.4 Å². The predicted octanol–water partition coefficient (Wildman–Crippen LogP) is 3.54. The van der Waals surface area contributed by atoms with Gasteiger partial charge in [0.25, 0.3) is 0 Å². The van der Waals surface area contributed by atoms with E-state index in [-0.39, 0.29) is 18.9 Å². The molecule has 2 aromatic carbocycles. The van der Waals surface area contributed by atoms with Crippen LogP contribution in [0.5, 0.6) is 0 Å². The molecule has 0 radical (unpaired) electrons. The van der Waals surface area contributed by atoms with E-state index in [4.69, 9.17) is 16.7 Å². The topological polar surface area (TPSA) is 131 Å². The summed E-state index contributed by atoms with van der Waals surface area (Å²) in [4.78, 5) is 45.8. The van der Waals surface area contributed by atoms with Gasteiger partial charge >= 0.3 is 17.3 Å². The third kappa shape index (κ3) is 4.95. The summed E-state index contributed by atoms with van der Waals surface area (Å²) in [6, 6.07) is 11.5. The van der Waals surface area contributed by atoms with Crippen LogP contribution in [0.1, 0.15) is 24.9 Å². The molecule has 34 heavy (non-hydrogen) atoms. The molecule has 0 amide bonds. The van der Waals surface area contributed by atoms with Gasteiger partial charge in [-0.05, 0) is 42.8 Å². The van der Waals surface area contributed by atoms with Crippen LogP contribution in [0.15, 0.2) is 52.1 Å². The fourth-order valence-corrected chi connectivity index (χ4v) is 4.46. The average Bonchev–Trinajstić information content (AvgIpc) is 3.19. The molecule has 4 rings (SSSR count). The van der Waals surface area contributed by atoms with E-state index in [0.29, 0.717) is 10.7 Å². The number of aliphatic carboxylic acids is 1. The lowest BCUT2D eigenvalue weighted by Crippen LogP contribution is -2.44. The van der Waals surface area contributed by atoms with Crippen LogP contribution in [-0.4, -0.2) is 37.2 Å². The number of benzene rings is 2. The number of rotatable bonds is 8. The Morgan fingerprint density at radius 1 is 1.18 bits per heavy atom. The maximum atomic E-state index is 13.4. The van der Waals surface area contributed by atoms with Crippen molar-refractivity contribution in [1.82, 2.24) is 19.1 Å². The number of anilines is 3. The Balaban J connectivity index is 1.80. The summed E-state index contributed by atoms with van der Waals surface area (Å²) in [5.41, 5.74) is 0.687. The molecule has 0 bridgehead atoms. The van der Waals surface area contributed by atoms with Crippen molar-refractivity contribution < 1.29 is 9.90 Å². The number of nitrogens with zero attached hydrogens (tertiary/aromatic N) is 4. The van der Waals surface area contributed by atoms with Crippen LogP contribution in [0.2, 0.25) is 5.02 Å². The summed E-state index contributed by atoms with van der Waals surface area (Å²) in [6.07, 6.45) is -0.389. The van der Waals surface area contributed by atoms with Gasteiger partial charge in [0.15, 0.2) is 5.13 Å². The van der Waals surface area contributed by atoms with Crippen molar-refractivity contribution in [3.8, 4) is 0 Å². The van der Waals surface area contributed by atoms with Crippen LogP contribution in [0.3, 0.4) is 0 Å². The highest BCUT2D eigenvalue weighted by Gasteiger charge is 2.20. The highest BCUT2D eigenvalue weighted by molar-refractivity contribution is 7.22. The zero-order chi connectivity index (χ0) is 24.4. The van der Waals surface area contributed by atoms with Crippen LogP contribution < -0.4 is 22.0 Å². The third-order valence-electron chi connectivity index (χ3n) is 5.12. The van der Waals surface area contributed by atoms with Crippen molar-refractivity contribution in [2.45, 2.75) is 25.9 Å². The highest BCUT2D eigenvalue weighted by Crippen LogP contribution is 2.29. The summed E-state index contributed by atoms with van der Waals surface area (Å²) >= 11 is 7.44. The van der Waals surface area contributed by atoms with Gasteiger partial charge in [-0.1, -0.05) is 35.1 Å². The number of carboxylic acids is 1. The minimum Gasteiger partial charge on any atom is -0.481 e. The number of nitrogens with one attached hydrogen (secondary N) is 2. The second-order valence-electron chi connectivity index (χ2n) is 7.61. The highest BCUT2D eigenvalue weighted by atomic mass is 35.5. The SMILES string of the molecule is CNc1nc2ccc(Nc3nc(=O)n(C(C)CC(=O)O)c(=O)n3Cc3ccc(Cl)cc3)cc2s1. The monoisotopic (exact) mass is 500 g/mol. The molecule has 1 atom stereocenters. The van der Waals surface area contributed by atoms with E-state index in [1.807, 2.05) is 12.1 Å². The van der Waals surface area contributed by atoms with Crippen LogP contribution in [0.25, 0.3) is 10.2 Å². The van der Waals surface area contributed by atoms with Gasteiger partial charge in [-0.2, -0.15) is 4.98 Å². The van der Waals surface area contributed by atoms with Gasteiger partial charge in [0.05, 0.1) is 29.2 Å². The molecule has 0 fully saturated rings. The number of thiazole rings is 1. The van der Waals surface area contributed by atoms with E-state index < -0.39 is 23.4 Å². The van der Waals surface area contributed by atoms with Gasteiger partial charge in [-0.25, -0.2) is 19.1 Å². The second kappa shape index (κ2) is 9.65. The summed E-state index contributed by atoms with van der Waals surface area (Å²) in [5, 5.41) is 16.5. The molecule has 2 heterocycles.